The zero-order valence-electron chi connectivity index (χ0n) is 20.0. The fraction of sp³-hybridized carbons (Fsp3) is 0.444. The van der Waals surface area contributed by atoms with Gasteiger partial charge in [0.1, 0.15) is 6.61 Å². The van der Waals surface area contributed by atoms with Gasteiger partial charge in [0.15, 0.2) is 6.29 Å². The first kappa shape index (κ1) is 25.3. The molecule has 188 valence electrons. The first-order chi connectivity index (χ1) is 17.0. The predicted octanol–water partition coefficient (Wildman–Crippen LogP) is 3.77. The minimum Gasteiger partial charge on any atom is -0.445 e. The Bertz CT molecular complexity index is 980. The van der Waals surface area contributed by atoms with Crippen molar-refractivity contribution in [2.45, 2.75) is 44.6 Å². The number of benzene rings is 2. The third-order valence-corrected chi connectivity index (χ3v) is 6.57. The Morgan fingerprint density at radius 2 is 1.89 bits per heavy atom. The van der Waals surface area contributed by atoms with Crippen molar-refractivity contribution in [2.24, 2.45) is 5.92 Å². The maximum atomic E-state index is 11.8. The number of aliphatic hydroxyl groups is 2. The molecule has 0 aromatic heterocycles. The summed E-state index contributed by atoms with van der Waals surface area (Å²) >= 11 is 0. The monoisotopic (exact) mass is 482 g/mol. The van der Waals surface area contributed by atoms with Crippen LogP contribution in [-0.2, 0) is 20.8 Å². The third kappa shape index (κ3) is 6.48. The molecule has 2 aromatic rings. The first-order valence-corrected chi connectivity index (χ1v) is 12.0. The standard InChI is InChI=1S/C27H34N2O6/c1-3-14-33-27(32)28-22-10-8-21(9-11-22)26-34-24(16-29-13-12-23(31)15-29)18(2)25(35-26)20-6-4-19(17-30)5-7-20/h3-11,18,23-26,30-31H,1,12-17H2,2H3,(H,28,32)/t18-,23+,24+,25+,26+/m1/s1. The molecule has 0 spiro atoms. The molecular weight excluding hydrogens is 448 g/mol. The normalized spacial score (nSPS) is 26.9. The second-order valence-electron chi connectivity index (χ2n) is 9.16. The summed E-state index contributed by atoms with van der Waals surface area (Å²) in [7, 11) is 0. The van der Waals surface area contributed by atoms with E-state index in [0.29, 0.717) is 18.8 Å². The number of hydrogen-bond acceptors (Lipinski definition) is 7. The predicted molar refractivity (Wildman–Crippen MR) is 132 cm³/mol. The van der Waals surface area contributed by atoms with Gasteiger partial charge >= 0.3 is 6.09 Å². The Labute approximate surface area is 206 Å². The van der Waals surface area contributed by atoms with E-state index >= 15 is 0 Å². The zero-order valence-corrected chi connectivity index (χ0v) is 20.0. The van der Waals surface area contributed by atoms with E-state index in [4.69, 9.17) is 14.2 Å². The van der Waals surface area contributed by atoms with Crippen LogP contribution in [0.5, 0.6) is 0 Å². The quantitative estimate of drug-likeness (QED) is 0.493. The van der Waals surface area contributed by atoms with E-state index in [-0.39, 0.29) is 37.4 Å². The SMILES string of the molecule is C=CCOC(=O)Nc1ccc([C@H]2O[C@@H](CN3CC[C@H](O)C3)[C@@H](C)[C@@H](c3ccc(CO)cc3)O2)cc1. The first-order valence-electron chi connectivity index (χ1n) is 12.0. The molecule has 8 nitrogen and oxygen atoms in total. The van der Waals surface area contributed by atoms with Crippen molar-refractivity contribution in [1.82, 2.24) is 4.90 Å². The van der Waals surface area contributed by atoms with Crippen LogP contribution >= 0.6 is 0 Å². The van der Waals surface area contributed by atoms with Crippen molar-refractivity contribution in [1.29, 1.82) is 0 Å². The third-order valence-electron chi connectivity index (χ3n) is 6.57. The second-order valence-corrected chi connectivity index (χ2v) is 9.16. The molecule has 8 heteroatoms. The largest absolute Gasteiger partial charge is 0.445 e. The van der Waals surface area contributed by atoms with Gasteiger partial charge in [-0.15, -0.1) is 0 Å². The van der Waals surface area contributed by atoms with E-state index < -0.39 is 12.4 Å². The van der Waals surface area contributed by atoms with Gasteiger partial charge in [-0.1, -0.05) is 56.0 Å². The van der Waals surface area contributed by atoms with Crippen LogP contribution in [0.25, 0.3) is 0 Å². The lowest BCUT2D eigenvalue weighted by atomic mass is 9.90. The van der Waals surface area contributed by atoms with Gasteiger partial charge in [-0.2, -0.15) is 0 Å². The average Bonchev–Trinajstić information content (AvgIpc) is 3.29. The van der Waals surface area contributed by atoms with Crippen molar-refractivity contribution >= 4 is 11.8 Å². The summed E-state index contributed by atoms with van der Waals surface area (Å²) in [5.74, 6) is 0.0736. The van der Waals surface area contributed by atoms with Gasteiger partial charge in [0.05, 0.1) is 24.9 Å². The molecule has 2 aliphatic heterocycles. The minimum absolute atomic E-state index is 0.00544. The molecule has 0 aliphatic carbocycles. The van der Waals surface area contributed by atoms with Crippen LogP contribution in [0.2, 0.25) is 0 Å². The molecule has 35 heavy (non-hydrogen) atoms. The fourth-order valence-electron chi connectivity index (χ4n) is 4.57. The summed E-state index contributed by atoms with van der Waals surface area (Å²) in [4.78, 5) is 14.0. The number of ether oxygens (including phenoxy) is 3. The van der Waals surface area contributed by atoms with Gasteiger partial charge in [-0.3, -0.25) is 10.2 Å². The van der Waals surface area contributed by atoms with Crippen LogP contribution in [0, 0.1) is 5.92 Å². The molecule has 2 fully saturated rings. The molecule has 5 atom stereocenters. The number of carbonyl (C=O) groups excluding carboxylic acids is 1. The number of nitrogens with zero attached hydrogens (tertiary/aromatic N) is 1. The summed E-state index contributed by atoms with van der Waals surface area (Å²) in [6, 6.07) is 15.1. The Hall–Kier alpha value is -2.75. The van der Waals surface area contributed by atoms with E-state index in [1.165, 1.54) is 6.08 Å². The second kappa shape index (κ2) is 11.8. The number of likely N-dealkylation sites (tertiary alicyclic amines) is 1. The Balaban J connectivity index is 1.52. The van der Waals surface area contributed by atoms with E-state index in [9.17, 15) is 15.0 Å². The number of carbonyl (C=O) groups is 1. The maximum Gasteiger partial charge on any atom is 0.411 e. The smallest absolute Gasteiger partial charge is 0.411 e. The molecular formula is C27H34N2O6. The topological polar surface area (TPSA) is 100 Å². The average molecular weight is 483 g/mol. The van der Waals surface area contributed by atoms with Gasteiger partial charge in [0, 0.05) is 36.8 Å². The molecule has 1 amide bonds. The summed E-state index contributed by atoms with van der Waals surface area (Å²) < 4.78 is 17.9. The van der Waals surface area contributed by atoms with Gasteiger partial charge < -0.3 is 24.4 Å². The highest BCUT2D eigenvalue weighted by Crippen LogP contribution is 2.42. The number of anilines is 1. The van der Waals surface area contributed by atoms with Crippen LogP contribution in [0.3, 0.4) is 0 Å². The van der Waals surface area contributed by atoms with Crippen LogP contribution in [0.15, 0.2) is 61.2 Å². The molecule has 2 heterocycles. The number of aliphatic hydroxyl groups excluding tert-OH is 2. The molecule has 0 unspecified atom stereocenters. The molecule has 0 bridgehead atoms. The lowest BCUT2D eigenvalue weighted by Gasteiger charge is -2.42. The van der Waals surface area contributed by atoms with E-state index in [0.717, 1.165) is 29.7 Å². The number of nitrogens with one attached hydrogen (secondary N) is 1. The van der Waals surface area contributed by atoms with Crippen molar-refractivity contribution in [2.75, 3.05) is 31.6 Å². The lowest BCUT2D eigenvalue weighted by Crippen LogP contribution is -2.44. The van der Waals surface area contributed by atoms with Crippen LogP contribution in [0.4, 0.5) is 10.5 Å². The van der Waals surface area contributed by atoms with Crippen molar-refractivity contribution < 1.29 is 29.2 Å². The Morgan fingerprint density at radius 1 is 1.17 bits per heavy atom. The molecule has 2 aromatic carbocycles. The zero-order chi connectivity index (χ0) is 24.8. The fourth-order valence-corrected chi connectivity index (χ4v) is 4.57. The van der Waals surface area contributed by atoms with Crippen molar-refractivity contribution in [3.63, 3.8) is 0 Å². The lowest BCUT2D eigenvalue weighted by molar-refractivity contribution is -0.276. The summed E-state index contributed by atoms with van der Waals surface area (Å²) in [6.45, 7) is 7.99. The Morgan fingerprint density at radius 3 is 2.51 bits per heavy atom. The van der Waals surface area contributed by atoms with E-state index in [1.54, 1.807) is 12.1 Å². The van der Waals surface area contributed by atoms with Gasteiger partial charge in [-0.25, -0.2) is 4.79 Å². The molecule has 4 rings (SSSR count). The van der Waals surface area contributed by atoms with Crippen LogP contribution < -0.4 is 5.32 Å². The highest BCUT2D eigenvalue weighted by atomic mass is 16.7. The Kier molecular flexibility index (Phi) is 8.54. The van der Waals surface area contributed by atoms with Crippen LogP contribution in [0.1, 0.15) is 42.4 Å². The minimum atomic E-state index is -0.590. The molecule has 0 radical (unpaired) electrons. The highest BCUT2D eigenvalue weighted by molar-refractivity contribution is 5.84. The number of hydrogen-bond donors (Lipinski definition) is 3. The van der Waals surface area contributed by atoms with E-state index in [2.05, 4.69) is 23.7 Å². The molecule has 2 saturated heterocycles. The molecule has 0 saturated carbocycles. The summed E-state index contributed by atoms with van der Waals surface area (Å²) in [6.07, 6.45) is 0.550. The molecule has 2 aliphatic rings. The maximum absolute atomic E-state index is 11.8. The summed E-state index contributed by atoms with van der Waals surface area (Å²) in [5.41, 5.74) is 3.32. The summed E-state index contributed by atoms with van der Waals surface area (Å²) in [5, 5.41) is 22.1. The number of amides is 1. The number of rotatable bonds is 8. The number of β-amino-alcohol motifs (C(OH)–C–C–N with tert-alkyl or cyclic N) is 1. The van der Waals surface area contributed by atoms with Crippen molar-refractivity contribution in [3.05, 3.63) is 77.9 Å². The highest BCUT2D eigenvalue weighted by Gasteiger charge is 2.39. The van der Waals surface area contributed by atoms with Gasteiger partial charge in [0.25, 0.3) is 0 Å². The van der Waals surface area contributed by atoms with Crippen molar-refractivity contribution in [3.8, 4) is 0 Å². The van der Waals surface area contributed by atoms with Crippen LogP contribution in [-0.4, -0.2) is 59.7 Å². The van der Waals surface area contributed by atoms with E-state index in [1.807, 2.05) is 36.4 Å². The van der Waals surface area contributed by atoms with Gasteiger partial charge in [0.2, 0.25) is 0 Å². The molecule has 3 N–H and O–H groups in total. The van der Waals surface area contributed by atoms with Gasteiger partial charge in [-0.05, 0) is 29.7 Å².